The third-order valence-electron chi connectivity index (χ3n) is 6.35. The number of ether oxygens (including phenoxy) is 3. The molecule has 6 heteroatoms. The van der Waals surface area contributed by atoms with E-state index >= 15 is 0 Å². The predicted molar refractivity (Wildman–Crippen MR) is 123 cm³/mol. The van der Waals surface area contributed by atoms with Crippen molar-refractivity contribution in [3.05, 3.63) is 58.7 Å². The van der Waals surface area contributed by atoms with Gasteiger partial charge >= 0.3 is 0 Å². The quantitative estimate of drug-likeness (QED) is 0.668. The Morgan fingerprint density at radius 2 is 1.84 bits per heavy atom. The van der Waals surface area contributed by atoms with Gasteiger partial charge in [0.15, 0.2) is 5.78 Å². The van der Waals surface area contributed by atoms with Crippen LogP contribution in [-0.2, 0) is 4.79 Å². The van der Waals surface area contributed by atoms with Crippen LogP contribution in [0, 0.1) is 13.8 Å². The first-order valence-electron chi connectivity index (χ1n) is 10.9. The zero-order chi connectivity index (χ0) is 22.9. The lowest BCUT2D eigenvalue weighted by Gasteiger charge is -2.44. The van der Waals surface area contributed by atoms with E-state index in [-0.39, 0.29) is 11.7 Å². The highest BCUT2D eigenvalue weighted by atomic mass is 16.5. The second kappa shape index (κ2) is 8.69. The van der Waals surface area contributed by atoms with Gasteiger partial charge in [0, 0.05) is 37.6 Å². The highest BCUT2D eigenvalue weighted by Crippen LogP contribution is 2.41. The zero-order valence-electron chi connectivity index (χ0n) is 19.1. The van der Waals surface area contributed by atoms with Crippen molar-refractivity contribution in [1.29, 1.82) is 0 Å². The van der Waals surface area contributed by atoms with Crippen molar-refractivity contribution in [2.75, 3.05) is 27.3 Å². The van der Waals surface area contributed by atoms with Gasteiger partial charge in [-0.3, -0.25) is 9.59 Å². The summed E-state index contributed by atoms with van der Waals surface area (Å²) in [7, 11) is 3.20. The normalized spacial score (nSPS) is 17.2. The number of hydrogen-bond acceptors (Lipinski definition) is 5. The van der Waals surface area contributed by atoms with Crippen LogP contribution in [0.1, 0.15) is 46.3 Å². The van der Waals surface area contributed by atoms with E-state index in [0.29, 0.717) is 55.2 Å². The van der Waals surface area contributed by atoms with E-state index in [2.05, 4.69) is 0 Å². The van der Waals surface area contributed by atoms with Crippen LogP contribution in [0.2, 0.25) is 0 Å². The average Bonchev–Trinajstić information content (AvgIpc) is 2.78. The topological polar surface area (TPSA) is 65.1 Å². The molecule has 1 saturated heterocycles. The molecule has 1 fully saturated rings. The van der Waals surface area contributed by atoms with Crippen LogP contribution in [0.4, 0.5) is 0 Å². The number of amides is 1. The molecule has 0 saturated carbocycles. The van der Waals surface area contributed by atoms with Crippen LogP contribution >= 0.6 is 0 Å². The summed E-state index contributed by atoms with van der Waals surface area (Å²) in [5.41, 5.74) is 2.98. The molecule has 4 rings (SSSR count). The Labute approximate surface area is 188 Å². The van der Waals surface area contributed by atoms with Crippen LogP contribution < -0.4 is 14.2 Å². The minimum atomic E-state index is -0.527. The SMILES string of the molecule is COc1ccc(OC)c(/C=C/C(=O)N2CCC3(CC2)CC(=O)c2cc(C)cc(C)c2O3)c1. The minimum absolute atomic E-state index is 0.0703. The maximum atomic E-state index is 12.9. The third kappa shape index (κ3) is 4.22. The largest absolute Gasteiger partial charge is 0.497 e. The lowest BCUT2D eigenvalue weighted by Crippen LogP contribution is -2.52. The molecule has 2 aliphatic heterocycles. The van der Waals surface area contributed by atoms with E-state index in [1.165, 1.54) is 0 Å². The van der Waals surface area contributed by atoms with Crippen LogP contribution in [0.25, 0.3) is 6.08 Å². The second-order valence-corrected chi connectivity index (χ2v) is 8.61. The number of benzene rings is 2. The molecule has 0 N–H and O–H groups in total. The Morgan fingerprint density at radius 3 is 2.53 bits per heavy atom. The summed E-state index contributed by atoms with van der Waals surface area (Å²) in [4.78, 5) is 27.5. The number of rotatable bonds is 4. The Kier molecular flexibility index (Phi) is 5.96. The fraction of sp³-hybridized carbons (Fsp3) is 0.385. The van der Waals surface area contributed by atoms with Gasteiger partial charge in [0.25, 0.3) is 0 Å². The molecular weight excluding hydrogens is 406 g/mol. The first kappa shape index (κ1) is 21.9. The van der Waals surface area contributed by atoms with Crippen molar-refractivity contribution >= 4 is 17.8 Å². The van der Waals surface area contributed by atoms with Gasteiger partial charge in [-0.1, -0.05) is 6.07 Å². The number of methoxy groups -OCH3 is 2. The van der Waals surface area contributed by atoms with E-state index in [4.69, 9.17) is 14.2 Å². The molecular formula is C26H29NO5. The van der Waals surface area contributed by atoms with Gasteiger partial charge in [-0.15, -0.1) is 0 Å². The fourth-order valence-corrected chi connectivity index (χ4v) is 4.59. The molecule has 2 aromatic carbocycles. The van der Waals surface area contributed by atoms with Crippen LogP contribution in [-0.4, -0.2) is 49.5 Å². The molecule has 0 aliphatic carbocycles. The summed E-state index contributed by atoms with van der Waals surface area (Å²) >= 11 is 0. The van der Waals surface area contributed by atoms with E-state index in [9.17, 15) is 9.59 Å². The van der Waals surface area contributed by atoms with Crippen molar-refractivity contribution in [2.24, 2.45) is 0 Å². The number of likely N-dealkylation sites (tertiary alicyclic amines) is 1. The lowest BCUT2D eigenvalue weighted by molar-refractivity contribution is -0.129. The van der Waals surface area contributed by atoms with Gasteiger partial charge in [-0.2, -0.15) is 0 Å². The molecule has 0 aromatic heterocycles. The highest BCUT2D eigenvalue weighted by Gasteiger charge is 2.44. The number of carbonyl (C=O) groups is 2. The van der Waals surface area contributed by atoms with Gasteiger partial charge in [-0.25, -0.2) is 0 Å². The molecule has 0 unspecified atom stereocenters. The van der Waals surface area contributed by atoms with Crippen molar-refractivity contribution in [1.82, 2.24) is 4.90 Å². The van der Waals surface area contributed by atoms with Crippen molar-refractivity contribution < 1.29 is 23.8 Å². The average molecular weight is 436 g/mol. The highest BCUT2D eigenvalue weighted by molar-refractivity contribution is 6.01. The number of hydrogen-bond donors (Lipinski definition) is 0. The smallest absolute Gasteiger partial charge is 0.246 e. The molecule has 0 atom stereocenters. The van der Waals surface area contributed by atoms with E-state index < -0.39 is 5.60 Å². The summed E-state index contributed by atoms with van der Waals surface area (Å²) in [5, 5.41) is 0. The maximum absolute atomic E-state index is 12.9. The number of nitrogens with zero attached hydrogens (tertiary/aromatic N) is 1. The molecule has 2 aromatic rings. The Bertz CT molecular complexity index is 1080. The number of aryl methyl sites for hydroxylation is 2. The van der Waals surface area contributed by atoms with Gasteiger partial charge in [0.1, 0.15) is 22.8 Å². The molecule has 1 spiro atoms. The van der Waals surface area contributed by atoms with Crippen LogP contribution in [0.15, 0.2) is 36.4 Å². The predicted octanol–water partition coefficient (Wildman–Crippen LogP) is 4.36. The summed E-state index contributed by atoms with van der Waals surface area (Å²) < 4.78 is 17.1. The number of fused-ring (bicyclic) bond motifs is 1. The summed E-state index contributed by atoms with van der Waals surface area (Å²) in [5.74, 6) is 2.13. The number of Topliss-reactive ketones (excluding diaryl/α,β-unsaturated/α-hetero) is 1. The molecule has 1 amide bonds. The van der Waals surface area contributed by atoms with Gasteiger partial charge in [0.2, 0.25) is 5.91 Å². The molecule has 168 valence electrons. The van der Waals surface area contributed by atoms with Crippen LogP contribution in [0.3, 0.4) is 0 Å². The summed E-state index contributed by atoms with van der Waals surface area (Å²) in [6, 6.07) is 9.41. The second-order valence-electron chi connectivity index (χ2n) is 8.61. The molecule has 2 aliphatic rings. The first-order chi connectivity index (χ1) is 15.3. The van der Waals surface area contributed by atoms with E-state index in [0.717, 1.165) is 16.7 Å². The molecule has 32 heavy (non-hydrogen) atoms. The maximum Gasteiger partial charge on any atom is 0.246 e. The third-order valence-corrected chi connectivity index (χ3v) is 6.35. The number of ketones is 1. The van der Waals surface area contributed by atoms with Crippen LogP contribution in [0.5, 0.6) is 17.2 Å². The zero-order valence-corrected chi connectivity index (χ0v) is 19.1. The molecule has 2 heterocycles. The minimum Gasteiger partial charge on any atom is -0.497 e. The van der Waals surface area contributed by atoms with E-state index in [1.807, 2.05) is 44.2 Å². The number of carbonyl (C=O) groups excluding carboxylic acids is 2. The Morgan fingerprint density at radius 1 is 1.09 bits per heavy atom. The van der Waals surface area contributed by atoms with Crippen molar-refractivity contribution in [3.8, 4) is 17.2 Å². The number of piperidine rings is 1. The van der Waals surface area contributed by atoms with Crippen molar-refractivity contribution in [3.63, 3.8) is 0 Å². The first-order valence-corrected chi connectivity index (χ1v) is 10.9. The standard InChI is InChI=1S/C26H29NO5/c1-17-13-18(2)25-21(14-17)22(28)16-26(32-25)9-11-27(12-10-26)24(29)8-5-19-15-20(30-3)6-7-23(19)31-4/h5-8,13-15H,9-12,16H2,1-4H3/b8-5+. The summed E-state index contributed by atoms with van der Waals surface area (Å²) in [6.07, 6.45) is 4.93. The monoisotopic (exact) mass is 435 g/mol. The lowest BCUT2D eigenvalue weighted by atomic mass is 9.81. The Balaban J connectivity index is 1.44. The van der Waals surface area contributed by atoms with Crippen molar-refractivity contribution in [2.45, 2.75) is 38.7 Å². The Hall–Kier alpha value is -3.28. The molecule has 6 nitrogen and oxygen atoms in total. The van der Waals surface area contributed by atoms with E-state index in [1.54, 1.807) is 31.3 Å². The van der Waals surface area contributed by atoms with Gasteiger partial charge in [-0.05, 0) is 55.3 Å². The van der Waals surface area contributed by atoms with Gasteiger partial charge in [0.05, 0.1) is 26.2 Å². The molecule has 0 bridgehead atoms. The summed E-state index contributed by atoms with van der Waals surface area (Å²) in [6.45, 7) is 5.07. The fourth-order valence-electron chi connectivity index (χ4n) is 4.59. The van der Waals surface area contributed by atoms with Gasteiger partial charge < -0.3 is 19.1 Å². The molecule has 0 radical (unpaired) electrons.